The van der Waals surface area contributed by atoms with Gasteiger partial charge in [-0.3, -0.25) is 9.88 Å². The van der Waals surface area contributed by atoms with Crippen molar-refractivity contribution in [3.8, 4) is 0 Å². The SMILES string of the molecule is CCN(CCC(N)=S)Cc1cccnc1. The van der Waals surface area contributed by atoms with Crippen LogP contribution in [0.1, 0.15) is 18.9 Å². The molecule has 0 saturated heterocycles. The zero-order chi connectivity index (χ0) is 11.1. The van der Waals surface area contributed by atoms with Crippen molar-refractivity contribution in [3.05, 3.63) is 30.1 Å². The van der Waals surface area contributed by atoms with E-state index in [9.17, 15) is 0 Å². The van der Waals surface area contributed by atoms with Crippen molar-refractivity contribution in [2.45, 2.75) is 19.9 Å². The maximum atomic E-state index is 5.48. The van der Waals surface area contributed by atoms with E-state index in [1.807, 2.05) is 12.3 Å². The van der Waals surface area contributed by atoms with Crippen molar-refractivity contribution in [2.24, 2.45) is 5.73 Å². The van der Waals surface area contributed by atoms with Crippen LogP contribution in [0.2, 0.25) is 0 Å². The number of rotatable bonds is 6. The van der Waals surface area contributed by atoms with Gasteiger partial charge in [0.25, 0.3) is 0 Å². The molecule has 82 valence electrons. The molecule has 0 atom stereocenters. The summed E-state index contributed by atoms with van der Waals surface area (Å²) in [6.07, 6.45) is 4.46. The largest absolute Gasteiger partial charge is 0.393 e. The average molecular weight is 223 g/mol. The smallest absolute Gasteiger partial charge is 0.0740 e. The summed E-state index contributed by atoms with van der Waals surface area (Å²) in [5, 5.41) is 0. The van der Waals surface area contributed by atoms with Gasteiger partial charge in [0.05, 0.1) is 4.99 Å². The Morgan fingerprint density at radius 2 is 2.40 bits per heavy atom. The molecular weight excluding hydrogens is 206 g/mol. The van der Waals surface area contributed by atoms with Crippen molar-refractivity contribution in [1.82, 2.24) is 9.88 Å². The number of pyridine rings is 1. The molecule has 0 radical (unpaired) electrons. The molecule has 0 saturated carbocycles. The van der Waals surface area contributed by atoms with Crippen LogP contribution in [0.25, 0.3) is 0 Å². The third-order valence-corrected chi connectivity index (χ3v) is 2.45. The molecule has 0 spiro atoms. The lowest BCUT2D eigenvalue weighted by atomic mass is 10.2. The van der Waals surface area contributed by atoms with Crippen LogP contribution in [0.15, 0.2) is 24.5 Å². The van der Waals surface area contributed by atoms with Crippen molar-refractivity contribution < 1.29 is 0 Å². The Balaban J connectivity index is 2.43. The zero-order valence-corrected chi connectivity index (χ0v) is 9.83. The average Bonchev–Trinajstić information content (AvgIpc) is 2.25. The summed E-state index contributed by atoms with van der Waals surface area (Å²) in [7, 11) is 0. The van der Waals surface area contributed by atoms with Gasteiger partial charge in [0, 0.05) is 31.9 Å². The Morgan fingerprint density at radius 1 is 1.60 bits per heavy atom. The summed E-state index contributed by atoms with van der Waals surface area (Å²) in [6, 6.07) is 4.03. The highest BCUT2D eigenvalue weighted by molar-refractivity contribution is 7.80. The number of nitrogens with two attached hydrogens (primary N) is 1. The standard InChI is InChI=1S/C11H17N3S/c1-2-14(7-5-11(12)15)9-10-4-3-6-13-8-10/h3-4,6,8H,2,5,7,9H2,1H3,(H2,12,15). The van der Waals surface area contributed by atoms with Gasteiger partial charge in [0.1, 0.15) is 0 Å². The molecule has 4 heteroatoms. The summed E-state index contributed by atoms with van der Waals surface area (Å²) in [5.74, 6) is 0. The number of aromatic nitrogens is 1. The summed E-state index contributed by atoms with van der Waals surface area (Å²) in [5.41, 5.74) is 6.71. The second-order valence-electron chi connectivity index (χ2n) is 3.45. The lowest BCUT2D eigenvalue weighted by Crippen LogP contribution is -2.27. The van der Waals surface area contributed by atoms with Crippen LogP contribution in [-0.4, -0.2) is 28.0 Å². The van der Waals surface area contributed by atoms with Crippen molar-refractivity contribution >= 4 is 17.2 Å². The maximum Gasteiger partial charge on any atom is 0.0740 e. The van der Waals surface area contributed by atoms with E-state index in [0.717, 1.165) is 26.1 Å². The van der Waals surface area contributed by atoms with Gasteiger partial charge < -0.3 is 5.73 Å². The minimum atomic E-state index is 0.583. The molecule has 0 aliphatic heterocycles. The van der Waals surface area contributed by atoms with Crippen molar-refractivity contribution in [2.75, 3.05) is 13.1 Å². The molecule has 1 rings (SSSR count). The first-order valence-corrected chi connectivity index (χ1v) is 5.52. The van der Waals surface area contributed by atoms with E-state index in [1.54, 1.807) is 6.20 Å². The Kier molecular flexibility index (Phi) is 5.21. The van der Waals surface area contributed by atoms with Crippen LogP contribution < -0.4 is 5.73 Å². The van der Waals surface area contributed by atoms with E-state index in [1.165, 1.54) is 5.56 Å². The molecule has 0 bridgehead atoms. The highest BCUT2D eigenvalue weighted by Gasteiger charge is 2.03. The van der Waals surface area contributed by atoms with Crippen molar-refractivity contribution in [3.63, 3.8) is 0 Å². The minimum Gasteiger partial charge on any atom is -0.393 e. The molecule has 0 unspecified atom stereocenters. The van der Waals surface area contributed by atoms with Crippen LogP contribution >= 0.6 is 12.2 Å². The number of hydrogen-bond acceptors (Lipinski definition) is 3. The Bertz CT molecular complexity index is 300. The van der Waals surface area contributed by atoms with E-state index in [4.69, 9.17) is 18.0 Å². The Morgan fingerprint density at radius 3 is 2.93 bits per heavy atom. The Labute approximate surface area is 96.3 Å². The summed E-state index contributed by atoms with van der Waals surface area (Å²) < 4.78 is 0. The topological polar surface area (TPSA) is 42.1 Å². The number of nitrogens with zero attached hydrogens (tertiary/aromatic N) is 2. The van der Waals surface area contributed by atoms with Gasteiger partial charge in [0.15, 0.2) is 0 Å². The molecule has 1 aromatic rings. The molecule has 2 N–H and O–H groups in total. The quantitative estimate of drug-likeness (QED) is 0.744. The predicted molar refractivity (Wildman–Crippen MR) is 66.6 cm³/mol. The summed E-state index contributed by atoms with van der Waals surface area (Å²) >= 11 is 4.87. The molecule has 0 amide bonds. The van der Waals surface area contributed by atoms with Crippen LogP contribution in [0.5, 0.6) is 0 Å². The van der Waals surface area contributed by atoms with Crippen LogP contribution in [0.4, 0.5) is 0 Å². The fraction of sp³-hybridized carbons (Fsp3) is 0.455. The highest BCUT2D eigenvalue weighted by atomic mass is 32.1. The summed E-state index contributed by atoms with van der Waals surface area (Å²) in [6.45, 7) is 4.96. The van der Waals surface area contributed by atoms with E-state index in [0.29, 0.717) is 4.99 Å². The number of thiocarbonyl (C=S) groups is 1. The summed E-state index contributed by atoms with van der Waals surface area (Å²) in [4.78, 5) is 6.97. The zero-order valence-electron chi connectivity index (χ0n) is 9.02. The fourth-order valence-corrected chi connectivity index (χ4v) is 1.46. The third-order valence-electron chi connectivity index (χ3n) is 2.25. The molecule has 0 aromatic carbocycles. The first-order chi connectivity index (χ1) is 7.22. The normalized spacial score (nSPS) is 10.5. The highest BCUT2D eigenvalue weighted by Crippen LogP contribution is 2.03. The molecule has 1 aromatic heterocycles. The van der Waals surface area contributed by atoms with E-state index in [-0.39, 0.29) is 0 Å². The second kappa shape index (κ2) is 6.48. The number of hydrogen-bond donors (Lipinski definition) is 1. The predicted octanol–water partition coefficient (Wildman–Crippen LogP) is 1.58. The monoisotopic (exact) mass is 223 g/mol. The molecule has 0 aliphatic carbocycles. The first kappa shape index (κ1) is 12.1. The first-order valence-electron chi connectivity index (χ1n) is 5.12. The van der Waals surface area contributed by atoms with Crippen molar-refractivity contribution in [1.29, 1.82) is 0 Å². The van der Waals surface area contributed by atoms with Gasteiger partial charge in [0.2, 0.25) is 0 Å². The maximum absolute atomic E-state index is 5.48. The van der Waals surface area contributed by atoms with Crippen LogP contribution in [-0.2, 0) is 6.54 Å². The van der Waals surface area contributed by atoms with Crippen LogP contribution in [0.3, 0.4) is 0 Å². The van der Waals surface area contributed by atoms with Gasteiger partial charge in [-0.15, -0.1) is 0 Å². The van der Waals surface area contributed by atoms with Gasteiger partial charge in [-0.25, -0.2) is 0 Å². The van der Waals surface area contributed by atoms with Gasteiger partial charge in [-0.1, -0.05) is 25.2 Å². The third kappa shape index (κ3) is 4.85. The second-order valence-corrected chi connectivity index (χ2v) is 3.97. The fourth-order valence-electron chi connectivity index (χ4n) is 1.37. The van der Waals surface area contributed by atoms with Gasteiger partial charge >= 0.3 is 0 Å². The molecule has 15 heavy (non-hydrogen) atoms. The Hall–Kier alpha value is -1.00. The van der Waals surface area contributed by atoms with Crippen LogP contribution in [0, 0.1) is 0 Å². The van der Waals surface area contributed by atoms with Gasteiger partial charge in [-0.2, -0.15) is 0 Å². The van der Waals surface area contributed by atoms with E-state index < -0.39 is 0 Å². The van der Waals surface area contributed by atoms with E-state index in [2.05, 4.69) is 22.9 Å². The van der Waals surface area contributed by atoms with Gasteiger partial charge in [-0.05, 0) is 18.2 Å². The lowest BCUT2D eigenvalue weighted by Gasteiger charge is -2.19. The molecule has 0 aliphatic rings. The lowest BCUT2D eigenvalue weighted by molar-refractivity contribution is 0.288. The molecular formula is C11H17N3S. The van der Waals surface area contributed by atoms with E-state index >= 15 is 0 Å². The molecule has 3 nitrogen and oxygen atoms in total. The molecule has 0 fully saturated rings. The molecule has 1 heterocycles. The minimum absolute atomic E-state index is 0.583.